The molecule has 0 aliphatic rings. The highest BCUT2D eigenvalue weighted by atomic mass is 32.2. The van der Waals surface area contributed by atoms with Gasteiger partial charge in [-0.3, -0.25) is 4.72 Å². The molecule has 0 spiro atoms. The first-order valence-corrected chi connectivity index (χ1v) is 8.96. The van der Waals surface area contributed by atoms with Crippen LogP contribution in [0.25, 0.3) is 11.0 Å². The molecule has 0 bridgehead atoms. The number of anilines is 1. The number of benzene rings is 2. The van der Waals surface area contributed by atoms with Gasteiger partial charge in [-0.1, -0.05) is 30.6 Å². The van der Waals surface area contributed by atoms with E-state index in [1.807, 2.05) is 19.1 Å². The predicted molar refractivity (Wildman–Crippen MR) is 90.0 cm³/mol. The second-order valence-electron chi connectivity index (χ2n) is 5.48. The topological polar surface area (TPSA) is 72.2 Å². The van der Waals surface area contributed by atoms with Crippen LogP contribution in [-0.4, -0.2) is 13.6 Å². The summed E-state index contributed by atoms with van der Waals surface area (Å²) in [5.74, 6) is 0. The lowest BCUT2D eigenvalue weighted by molar-refractivity contribution is 0.450. The van der Waals surface area contributed by atoms with Crippen molar-refractivity contribution in [3.05, 3.63) is 53.7 Å². The van der Waals surface area contributed by atoms with Crippen molar-refractivity contribution >= 4 is 26.7 Å². The first-order valence-electron chi connectivity index (χ1n) is 7.47. The minimum atomic E-state index is -3.61. The van der Waals surface area contributed by atoms with Crippen LogP contribution >= 0.6 is 0 Å². The van der Waals surface area contributed by atoms with Gasteiger partial charge in [0.2, 0.25) is 0 Å². The molecule has 1 N–H and O–H groups in total. The molecular weight excluding hydrogens is 312 g/mol. The van der Waals surface area contributed by atoms with Crippen LogP contribution in [0, 0.1) is 6.92 Å². The number of hydrogen-bond donors (Lipinski definition) is 1. The van der Waals surface area contributed by atoms with Crippen molar-refractivity contribution in [1.82, 2.24) is 5.16 Å². The molecule has 0 atom stereocenters. The zero-order valence-corrected chi connectivity index (χ0v) is 13.9. The summed E-state index contributed by atoms with van der Waals surface area (Å²) in [6, 6.07) is 12.1. The zero-order chi connectivity index (χ0) is 16.4. The number of nitrogens with zero attached hydrogens (tertiary/aromatic N) is 1. The average Bonchev–Trinajstić information content (AvgIpc) is 2.89. The summed E-state index contributed by atoms with van der Waals surface area (Å²) in [5.41, 5.74) is 2.98. The van der Waals surface area contributed by atoms with Crippen molar-refractivity contribution in [3.8, 4) is 0 Å². The summed E-state index contributed by atoms with van der Waals surface area (Å²) in [6.45, 7) is 3.91. The number of hydrogen-bond acceptors (Lipinski definition) is 4. The largest absolute Gasteiger partial charge is 0.356 e. The second kappa shape index (κ2) is 6.04. The van der Waals surface area contributed by atoms with Crippen molar-refractivity contribution in [2.24, 2.45) is 0 Å². The van der Waals surface area contributed by atoms with Crippen LogP contribution in [0.5, 0.6) is 0 Å². The van der Waals surface area contributed by atoms with E-state index in [1.54, 1.807) is 30.3 Å². The highest BCUT2D eigenvalue weighted by Crippen LogP contribution is 2.24. The Morgan fingerprint density at radius 1 is 1.13 bits per heavy atom. The molecule has 3 aromatic rings. The summed E-state index contributed by atoms with van der Waals surface area (Å²) in [7, 11) is -3.61. The SMILES string of the molecule is CCCc1ccc(S(=O)(=O)Nc2ccc3onc(C)c3c2)cc1. The molecule has 1 aromatic heterocycles. The monoisotopic (exact) mass is 330 g/mol. The van der Waals surface area contributed by atoms with Crippen LogP contribution in [0.3, 0.4) is 0 Å². The zero-order valence-electron chi connectivity index (χ0n) is 13.0. The molecule has 0 aliphatic heterocycles. The quantitative estimate of drug-likeness (QED) is 0.770. The van der Waals surface area contributed by atoms with Gasteiger partial charge in [0.1, 0.15) is 0 Å². The molecule has 5 nitrogen and oxygen atoms in total. The molecule has 0 amide bonds. The van der Waals surface area contributed by atoms with Gasteiger partial charge in [0.05, 0.1) is 10.6 Å². The minimum Gasteiger partial charge on any atom is -0.356 e. The van der Waals surface area contributed by atoms with Gasteiger partial charge in [0.15, 0.2) is 5.58 Å². The van der Waals surface area contributed by atoms with E-state index in [1.165, 1.54) is 0 Å². The fourth-order valence-corrected chi connectivity index (χ4v) is 3.51. The number of aromatic nitrogens is 1. The normalized spacial score (nSPS) is 11.7. The van der Waals surface area contributed by atoms with Gasteiger partial charge in [0.25, 0.3) is 10.0 Å². The maximum atomic E-state index is 12.5. The lowest BCUT2D eigenvalue weighted by Crippen LogP contribution is -2.12. The van der Waals surface area contributed by atoms with Gasteiger partial charge in [0, 0.05) is 11.1 Å². The standard InChI is InChI=1S/C17H18N2O3S/c1-3-4-13-5-8-15(9-6-13)23(20,21)19-14-7-10-17-16(11-14)12(2)18-22-17/h5-11,19H,3-4H2,1-2H3. The number of nitrogens with one attached hydrogen (secondary N) is 1. The van der Waals surface area contributed by atoms with E-state index in [4.69, 9.17) is 4.52 Å². The highest BCUT2D eigenvalue weighted by Gasteiger charge is 2.15. The fourth-order valence-electron chi connectivity index (χ4n) is 2.46. The maximum Gasteiger partial charge on any atom is 0.261 e. The van der Waals surface area contributed by atoms with Gasteiger partial charge in [-0.25, -0.2) is 8.42 Å². The van der Waals surface area contributed by atoms with Crippen molar-refractivity contribution in [2.75, 3.05) is 4.72 Å². The van der Waals surface area contributed by atoms with Gasteiger partial charge in [-0.2, -0.15) is 0 Å². The van der Waals surface area contributed by atoms with Gasteiger partial charge < -0.3 is 4.52 Å². The lowest BCUT2D eigenvalue weighted by Gasteiger charge is -2.09. The van der Waals surface area contributed by atoms with Crippen LogP contribution in [0.1, 0.15) is 24.6 Å². The van der Waals surface area contributed by atoms with E-state index >= 15 is 0 Å². The third kappa shape index (κ3) is 3.22. The molecule has 0 fully saturated rings. The lowest BCUT2D eigenvalue weighted by atomic mass is 10.1. The Bertz CT molecular complexity index is 928. The molecule has 2 aromatic carbocycles. The van der Waals surface area contributed by atoms with E-state index in [2.05, 4.69) is 16.8 Å². The van der Waals surface area contributed by atoms with Crippen LogP contribution in [0.2, 0.25) is 0 Å². The first-order chi connectivity index (χ1) is 11.0. The van der Waals surface area contributed by atoms with E-state index in [0.717, 1.165) is 29.5 Å². The summed E-state index contributed by atoms with van der Waals surface area (Å²) in [5, 5.41) is 4.66. The first kappa shape index (κ1) is 15.6. The van der Waals surface area contributed by atoms with E-state index in [-0.39, 0.29) is 4.90 Å². The molecule has 0 saturated carbocycles. The Kier molecular flexibility index (Phi) is 4.09. The van der Waals surface area contributed by atoms with Crippen LogP contribution in [0.15, 0.2) is 51.9 Å². The van der Waals surface area contributed by atoms with Crippen LogP contribution in [-0.2, 0) is 16.4 Å². The van der Waals surface area contributed by atoms with Gasteiger partial charge >= 0.3 is 0 Å². The molecule has 23 heavy (non-hydrogen) atoms. The smallest absolute Gasteiger partial charge is 0.261 e. The molecule has 0 radical (unpaired) electrons. The summed E-state index contributed by atoms with van der Waals surface area (Å²) < 4.78 is 32.7. The number of aryl methyl sites for hydroxylation is 2. The molecule has 6 heteroatoms. The molecule has 0 aliphatic carbocycles. The van der Waals surface area contributed by atoms with E-state index in [0.29, 0.717) is 11.3 Å². The Morgan fingerprint density at radius 2 is 1.87 bits per heavy atom. The molecular formula is C17H18N2O3S. The number of rotatable bonds is 5. The molecule has 3 rings (SSSR count). The van der Waals surface area contributed by atoms with Crippen molar-refractivity contribution in [3.63, 3.8) is 0 Å². The van der Waals surface area contributed by atoms with E-state index in [9.17, 15) is 8.42 Å². The van der Waals surface area contributed by atoms with Crippen LogP contribution in [0.4, 0.5) is 5.69 Å². The Labute approximate surface area is 135 Å². The molecule has 0 saturated heterocycles. The minimum absolute atomic E-state index is 0.250. The Morgan fingerprint density at radius 3 is 2.57 bits per heavy atom. The molecule has 1 heterocycles. The highest BCUT2D eigenvalue weighted by molar-refractivity contribution is 7.92. The number of fused-ring (bicyclic) bond motifs is 1. The Balaban J connectivity index is 1.88. The van der Waals surface area contributed by atoms with Gasteiger partial charge in [-0.05, 0) is 49.2 Å². The maximum absolute atomic E-state index is 12.5. The van der Waals surface area contributed by atoms with Gasteiger partial charge in [-0.15, -0.1) is 0 Å². The van der Waals surface area contributed by atoms with Crippen molar-refractivity contribution in [2.45, 2.75) is 31.6 Å². The average molecular weight is 330 g/mol. The third-order valence-corrected chi connectivity index (χ3v) is 5.07. The Hall–Kier alpha value is -2.34. The predicted octanol–water partition coefficient (Wildman–Crippen LogP) is 3.89. The van der Waals surface area contributed by atoms with Crippen molar-refractivity contribution in [1.29, 1.82) is 0 Å². The van der Waals surface area contributed by atoms with Crippen molar-refractivity contribution < 1.29 is 12.9 Å². The molecule has 120 valence electrons. The van der Waals surface area contributed by atoms with E-state index < -0.39 is 10.0 Å². The number of sulfonamides is 1. The summed E-state index contributed by atoms with van der Waals surface area (Å²) in [4.78, 5) is 0.250. The van der Waals surface area contributed by atoms with Crippen LogP contribution < -0.4 is 4.72 Å². The fraction of sp³-hybridized carbons (Fsp3) is 0.235. The summed E-state index contributed by atoms with van der Waals surface area (Å²) >= 11 is 0. The summed E-state index contributed by atoms with van der Waals surface area (Å²) in [6.07, 6.45) is 1.97. The second-order valence-corrected chi connectivity index (χ2v) is 7.16. The molecule has 0 unspecified atom stereocenters. The third-order valence-electron chi connectivity index (χ3n) is 3.67.